The Kier molecular flexibility index (Phi) is 5.86. The Morgan fingerprint density at radius 2 is 1.85 bits per heavy atom. The molecule has 3 aromatic rings. The van der Waals surface area contributed by atoms with Crippen molar-refractivity contribution in [1.29, 1.82) is 0 Å². The van der Waals surface area contributed by atoms with Gasteiger partial charge in [-0.15, -0.1) is 0 Å². The van der Waals surface area contributed by atoms with Gasteiger partial charge in [-0.05, 0) is 46.3 Å². The Labute approximate surface area is 160 Å². The molecule has 0 atom stereocenters. The van der Waals surface area contributed by atoms with Gasteiger partial charge in [-0.3, -0.25) is 4.79 Å². The molecule has 2 N–H and O–H groups in total. The van der Waals surface area contributed by atoms with Crippen LogP contribution < -0.4 is 15.4 Å². The molecule has 3 rings (SSSR count). The van der Waals surface area contributed by atoms with Crippen molar-refractivity contribution in [2.45, 2.75) is 6.54 Å². The number of halogens is 1. The van der Waals surface area contributed by atoms with Gasteiger partial charge >= 0.3 is 0 Å². The molecule has 1 aromatic heterocycles. The van der Waals surface area contributed by atoms with Gasteiger partial charge < -0.3 is 15.4 Å². The zero-order chi connectivity index (χ0) is 18.4. The quantitative estimate of drug-likeness (QED) is 0.615. The number of rotatable bonds is 6. The van der Waals surface area contributed by atoms with Gasteiger partial charge in [0.25, 0.3) is 5.91 Å². The largest absolute Gasteiger partial charge is 0.496 e. The molecule has 2 aromatic carbocycles. The van der Waals surface area contributed by atoms with E-state index >= 15 is 0 Å². The lowest BCUT2D eigenvalue weighted by Gasteiger charge is -2.13. The van der Waals surface area contributed by atoms with Crippen LogP contribution in [0.4, 0.5) is 11.5 Å². The van der Waals surface area contributed by atoms with E-state index in [1.54, 1.807) is 25.4 Å². The van der Waals surface area contributed by atoms with E-state index in [2.05, 4.69) is 31.5 Å². The molecule has 0 aliphatic rings. The molecular formula is C20H18BrN3O2. The third-order valence-corrected chi connectivity index (χ3v) is 4.50. The maximum Gasteiger partial charge on any atom is 0.259 e. The third-order valence-electron chi connectivity index (χ3n) is 3.81. The van der Waals surface area contributed by atoms with E-state index in [4.69, 9.17) is 4.74 Å². The number of anilines is 2. The Morgan fingerprint density at radius 1 is 1.08 bits per heavy atom. The van der Waals surface area contributed by atoms with Crippen molar-refractivity contribution in [2.24, 2.45) is 0 Å². The molecule has 6 heteroatoms. The van der Waals surface area contributed by atoms with Gasteiger partial charge in [-0.1, -0.05) is 30.3 Å². The first kappa shape index (κ1) is 17.9. The molecular weight excluding hydrogens is 394 g/mol. The van der Waals surface area contributed by atoms with Crippen LogP contribution in [-0.2, 0) is 6.54 Å². The Balaban J connectivity index is 1.78. The fourth-order valence-electron chi connectivity index (χ4n) is 2.51. The van der Waals surface area contributed by atoms with Crippen molar-refractivity contribution >= 4 is 33.3 Å². The first-order valence-corrected chi connectivity index (χ1v) is 8.85. The summed E-state index contributed by atoms with van der Waals surface area (Å²) in [6, 6.07) is 18.7. The summed E-state index contributed by atoms with van der Waals surface area (Å²) in [5.74, 6) is 1.07. The maximum absolute atomic E-state index is 12.7. The van der Waals surface area contributed by atoms with Gasteiger partial charge in [-0.25, -0.2) is 4.98 Å². The number of aromatic nitrogens is 1. The summed E-state index contributed by atoms with van der Waals surface area (Å²) >= 11 is 3.43. The highest BCUT2D eigenvalue weighted by Gasteiger charge is 2.14. The molecule has 0 saturated carbocycles. The number of para-hydroxylation sites is 2. The Hall–Kier alpha value is -2.86. The average molecular weight is 412 g/mol. The zero-order valence-corrected chi connectivity index (χ0v) is 15.8. The fraction of sp³-hybridized carbons (Fsp3) is 0.100. The minimum absolute atomic E-state index is 0.229. The smallest absolute Gasteiger partial charge is 0.259 e. The summed E-state index contributed by atoms with van der Waals surface area (Å²) in [7, 11) is 1.64. The Morgan fingerprint density at radius 3 is 2.65 bits per heavy atom. The number of amides is 1. The number of hydrogen-bond donors (Lipinski definition) is 2. The summed E-state index contributed by atoms with van der Waals surface area (Å²) in [6.45, 7) is 0.496. The molecule has 26 heavy (non-hydrogen) atoms. The summed E-state index contributed by atoms with van der Waals surface area (Å²) in [6.07, 6.45) is 1.65. The van der Waals surface area contributed by atoms with Crippen LogP contribution in [-0.4, -0.2) is 18.0 Å². The van der Waals surface area contributed by atoms with Crippen molar-refractivity contribution in [2.75, 3.05) is 17.7 Å². The first-order valence-electron chi connectivity index (χ1n) is 8.05. The van der Waals surface area contributed by atoms with E-state index in [0.29, 0.717) is 23.6 Å². The molecule has 0 unspecified atom stereocenters. The topological polar surface area (TPSA) is 63.2 Å². The minimum atomic E-state index is -0.229. The number of nitrogens with zero attached hydrogens (tertiary/aromatic N) is 1. The SMILES string of the molecule is COc1ccccc1CNc1ncccc1C(=O)Nc1ccccc1Br. The highest BCUT2D eigenvalue weighted by molar-refractivity contribution is 9.10. The number of nitrogens with one attached hydrogen (secondary N) is 2. The molecule has 5 nitrogen and oxygen atoms in total. The average Bonchev–Trinajstić information content (AvgIpc) is 2.68. The third kappa shape index (κ3) is 4.21. The zero-order valence-electron chi connectivity index (χ0n) is 14.2. The molecule has 0 fully saturated rings. The van der Waals surface area contributed by atoms with Crippen molar-refractivity contribution in [3.63, 3.8) is 0 Å². The van der Waals surface area contributed by atoms with Crippen molar-refractivity contribution in [1.82, 2.24) is 4.98 Å². The molecule has 0 bridgehead atoms. The minimum Gasteiger partial charge on any atom is -0.496 e. The number of carbonyl (C=O) groups is 1. The second-order valence-corrected chi connectivity index (χ2v) is 6.35. The normalized spacial score (nSPS) is 10.2. The van der Waals surface area contributed by atoms with Gasteiger partial charge in [0.05, 0.1) is 18.4 Å². The standard InChI is InChI=1S/C20H18BrN3O2/c1-26-18-11-5-2-7-14(18)13-23-19-15(8-6-12-22-19)20(25)24-17-10-4-3-9-16(17)21/h2-12H,13H2,1H3,(H,22,23)(H,24,25). The molecule has 0 radical (unpaired) electrons. The lowest BCUT2D eigenvalue weighted by Crippen LogP contribution is -2.16. The summed E-state index contributed by atoms with van der Waals surface area (Å²) < 4.78 is 6.18. The summed E-state index contributed by atoms with van der Waals surface area (Å²) in [5.41, 5.74) is 2.16. The number of benzene rings is 2. The van der Waals surface area contributed by atoms with Crippen molar-refractivity contribution in [3.8, 4) is 5.75 Å². The lowest BCUT2D eigenvalue weighted by molar-refractivity contribution is 0.102. The van der Waals surface area contributed by atoms with Crippen LogP contribution >= 0.6 is 15.9 Å². The monoisotopic (exact) mass is 411 g/mol. The number of ether oxygens (including phenoxy) is 1. The van der Waals surface area contributed by atoms with E-state index < -0.39 is 0 Å². The van der Waals surface area contributed by atoms with Crippen LogP contribution in [0.2, 0.25) is 0 Å². The van der Waals surface area contributed by atoms with Crippen molar-refractivity contribution in [3.05, 3.63) is 82.5 Å². The molecule has 1 heterocycles. The number of pyridine rings is 1. The van der Waals surface area contributed by atoms with Gasteiger partial charge in [-0.2, -0.15) is 0 Å². The summed E-state index contributed by atoms with van der Waals surface area (Å²) in [4.78, 5) is 17.0. The second kappa shape index (κ2) is 8.49. The van der Waals surface area contributed by atoms with Crippen LogP contribution in [0.15, 0.2) is 71.3 Å². The molecule has 0 aliphatic carbocycles. The predicted molar refractivity (Wildman–Crippen MR) is 107 cm³/mol. The lowest BCUT2D eigenvalue weighted by atomic mass is 10.2. The number of carbonyl (C=O) groups excluding carboxylic acids is 1. The molecule has 0 aliphatic heterocycles. The van der Waals surface area contributed by atoms with Crippen LogP contribution in [0.3, 0.4) is 0 Å². The molecule has 132 valence electrons. The fourth-order valence-corrected chi connectivity index (χ4v) is 2.89. The van der Waals surface area contributed by atoms with Gasteiger partial charge in [0, 0.05) is 22.8 Å². The molecule has 1 amide bonds. The van der Waals surface area contributed by atoms with E-state index in [-0.39, 0.29) is 5.91 Å². The predicted octanol–water partition coefficient (Wildman–Crippen LogP) is 4.72. The van der Waals surface area contributed by atoms with Crippen LogP contribution in [0.25, 0.3) is 0 Å². The highest BCUT2D eigenvalue weighted by Crippen LogP contribution is 2.24. The van der Waals surface area contributed by atoms with Crippen LogP contribution in [0.1, 0.15) is 15.9 Å². The first-order chi connectivity index (χ1) is 12.7. The van der Waals surface area contributed by atoms with Gasteiger partial charge in [0.1, 0.15) is 11.6 Å². The van der Waals surface area contributed by atoms with Crippen LogP contribution in [0.5, 0.6) is 5.75 Å². The molecule has 0 spiro atoms. The van der Waals surface area contributed by atoms with E-state index in [0.717, 1.165) is 15.8 Å². The van der Waals surface area contributed by atoms with E-state index in [1.807, 2.05) is 48.5 Å². The molecule has 0 saturated heterocycles. The van der Waals surface area contributed by atoms with E-state index in [1.165, 1.54) is 0 Å². The van der Waals surface area contributed by atoms with Gasteiger partial charge in [0.2, 0.25) is 0 Å². The summed E-state index contributed by atoms with van der Waals surface area (Å²) in [5, 5.41) is 6.12. The Bertz CT molecular complexity index is 915. The van der Waals surface area contributed by atoms with Crippen molar-refractivity contribution < 1.29 is 9.53 Å². The highest BCUT2D eigenvalue weighted by atomic mass is 79.9. The van der Waals surface area contributed by atoms with Crippen LogP contribution in [0, 0.1) is 0 Å². The van der Waals surface area contributed by atoms with E-state index in [9.17, 15) is 4.79 Å². The number of methoxy groups -OCH3 is 1. The second-order valence-electron chi connectivity index (χ2n) is 5.50. The van der Waals surface area contributed by atoms with Gasteiger partial charge in [0.15, 0.2) is 0 Å². The maximum atomic E-state index is 12.7. The number of hydrogen-bond acceptors (Lipinski definition) is 4.